The highest BCUT2D eigenvalue weighted by Gasteiger charge is 2.12. The molecular formula is C21H31N5OS. The lowest BCUT2D eigenvalue weighted by Gasteiger charge is -2.27. The predicted molar refractivity (Wildman–Crippen MR) is 116 cm³/mol. The predicted octanol–water partition coefficient (Wildman–Crippen LogP) is 2.45. The van der Waals surface area contributed by atoms with Crippen LogP contribution in [0.1, 0.15) is 27.9 Å². The first kappa shape index (κ1) is 20.8. The number of morpholine rings is 1. The van der Waals surface area contributed by atoms with E-state index >= 15 is 0 Å². The second-order valence-corrected chi connectivity index (χ2v) is 8.03. The van der Waals surface area contributed by atoms with E-state index in [1.54, 1.807) is 11.3 Å². The third-order valence-electron chi connectivity index (χ3n) is 4.87. The summed E-state index contributed by atoms with van der Waals surface area (Å²) in [5, 5.41) is 8.02. The minimum Gasteiger partial charge on any atom is -0.379 e. The van der Waals surface area contributed by atoms with Gasteiger partial charge >= 0.3 is 0 Å². The topological polar surface area (TPSA) is 61.8 Å². The van der Waals surface area contributed by atoms with Gasteiger partial charge in [0.05, 0.1) is 18.2 Å². The van der Waals surface area contributed by atoms with Gasteiger partial charge in [-0.15, -0.1) is 11.3 Å². The van der Waals surface area contributed by atoms with Crippen molar-refractivity contribution in [2.75, 3.05) is 39.9 Å². The van der Waals surface area contributed by atoms with Gasteiger partial charge in [0.1, 0.15) is 0 Å². The average molecular weight is 402 g/mol. The zero-order chi connectivity index (χ0) is 19.6. The van der Waals surface area contributed by atoms with Crippen molar-refractivity contribution in [3.63, 3.8) is 0 Å². The molecule has 1 fully saturated rings. The Kier molecular flexibility index (Phi) is 8.26. The van der Waals surface area contributed by atoms with Crippen LogP contribution in [-0.4, -0.2) is 55.7 Å². The molecule has 6 nitrogen and oxygen atoms in total. The highest BCUT2D eigenvalue weighted by atomic mass is 32.1. The first-order valence-corrected chi connectivity index (χ1v) is 10.8. The summed E-state index contributed by atoms with van der Waals surface area (Å²) in [6.07, 6.45) is 3.95. The molecule has 0 atom stereocenters. The van der Waals surface area contributed by atoms with Gasteiger partial charge < -0.3 is 15.4 Å². The summed E-state index contributed by atoms with van der Waals surface area (Å²) in [5.74, 6) is 0.827. The van der Waals surface area contributed by atoms with Crippen LogP contribution >= 0.6 is 11.3 Å². The molecule has 28 heavy (non-hydrogen) atoms. The molecule has 2 aromatic rings. The van der Waals surface area contributed by atoms with Crippen molar-refractivity contribution in [3.05, 3.63) is 51.5 Å². The van der Waals surface area contributed by atoms with Crippen molar-refractivity contribution in [2.24, 2.45) is 4.99 Å². The van der Waals surface area contributed by atoms with Gasteiger partial charge in [-0.3, -0.25) is 9.89 Å². The Labute approximate surface area is 172 Å². The number of nitrogens with zero attached hydrogens (tertiary/aromatic N) is 3. The number of aromatic nitrogens is 1. The van der Waals surface area contributed by atoms with E-state index in [-0.39, 0.29) is 0 Å². The van der Waals surface area contributed by atoms with E-state index < -0.39 is 0 Å². The summed E-state index contributed by atoms with van der Waals surface area (Å²) in [6, 6.07) is 8.63. The summed E-state index contributed by atoms with van der Waals surface area (Å²) in [6.45, 7) is 8.38. The number of aryl methyl sites for hydroxylation is 1. The highest BCUT2D eigenvalue weighted by Crippen LogP contribution is 2.14. The van der Waals surface area contributed by atoms with Crippen LogP contribution in [0.5, 0.6) is 0 Å². The molecule has 0 amide bonds. The molecule has 0 spiro atoms. The fraction of sp³-hybridized carbons (Fsp3) is 0.524. The van der Waals surface area contributed by atoms with Crippen LogP contribution in [0.25, 0.3) is 0 Å². The summed E-state index contributed by atoms with van der Waals surface area (Å²) in [5.41, 5.74) is 2.67. The Bertz CT molecular complexity index is 755. The van der Waals surface area contributed by atoms with Crippen LogP contribution in [0.4, 0.5) is 0 Å². The molecule has 152 valence electrons. The second kappa shape index (κ2) is 11.1. The number of aliphatic imine (C=N–C) groups is 1. The average Bonchev–Trinajstić information content (AvgIpc) is 3.20. The highest BCUT2D eigenvalue weighted by molar-refractivity contribution is 7.11. The number of hydrogen-bond acceptors (Lipinski definition) is 5. The lowest BCUT2D eigenvalue weighted by molar-refractivity contribution is 0.0341. The van der Waals surface area contributed by atoms with Gasteiger partial charge in [0.25, 0.3) is 0 Å². The van der Waals surface area contributed by atoms with Gasteiger partial charge in [-0.1, -0.05) is 31.2 Å². The van der Waals surface area contributed by atoms with Crippen LogP contribution in [0.15, 0.2) is 35.5 Å². The molecule has 1 saturated heterocycles. The zero-order valence-electron chi connectivity index (χ0n) is 16.9. The Hall–Kier alpha value is -1.96. The van der Waals surface area contributed by atoms with E-state index in [4.69, 9.17) is 4.74 Å². The molecule has 3 rings (SSSR count). The van der Waals surface area contributed by atoms with E-state index in [1.807, 2.05) is 13.2 Å². The molecule has 1 aromatic heterocycles. The quantitative estimate of drug-likeness (QED) is 0.526. The molecule has 7 heteroatoms. The van der Waals surface area contributed by atoms with Gasteiger partial charge in [-0.2, -0.15) is 0 Å². The molecular weight excluding hydrogens is 370 g/mol. The van der Waals surface area contributed by atoms with Crippen molar-refractivity contribution in [2.45, 2.75) is 32.9 Å². The zero-order valence-corrected chi connectivity index (χ0v) is 17.7. The molecule has 1 aromatic carbocycles. The van der Waals surface area contributed by atoms with Gasteiger partial charge in [-0.25, -0.2) is 4.98 Å². The van der Waals surface area contributed by atoms with Crippen LogP contribution in [0, 0.1) is 0 Å². The van der Waals surface area contributed by atoms with Crippen molar-refractivity contribution >= 4 is 17.3 Å². The Morgan fingerprint density at radius 3 is 2.71 bits per heavy atom. The molecule has 0 saturated carbocycles. The van der Waals surface area contributed by atoms with Gasteiger partial charge in [0.2, 0.25) is 0 Å². The minimum absolute atomic E-state index is 0.761. The fourth-order valence-electron chi connectivity index (χ4n) is 3.20. The number of hydrogen-bond donors (Lipinski definition) is 2. The number of nitrogens with one attached hydrogen (secondary N) is 2. The maximum Gasteiger partial charge on any atom is 0.191 e. The van der Waals surface area contributed by atoms with Crippen molar-refractivity contribution < 1.29 is 4.74 Å². The van der Waals surface area contributed by atoms with Gasteiger partial charge in [0.15, 0.2) is 5.96 Å². The van der Waals surface area contributed by atoms with Crippen LogP contribution < -0.4 is 10.6 Å². The summed E-state index contributed by atoms with van der Waals surface area (Å²) in [4.78, 5) is 12.6. The van der Waals surface area contributed by atoms with E-state index in [0.717, 1.165) is 64.7 Å². The van der Waals surface area contributed by atoms with Crippen molar-refractivity contribution in [1.82, 2.24) is 20.5 Å². The maximum absolute atomic E-state index is 5.46. The van der Waals surface area contributed by atoms with Crippen LogP contribution in [0.3, 0.4) is 0 Å². The third-order valence-corrected chi connectivity index (χ3v) is 6.07. The van der Waals surface area contributed by atoms with Crippen molar-refractivity contribution in [1.29, 1.82) is 0 Å². The standard InChI is InChI=1S/C21H31N5OS/c1-3-19-15-24-20(28-19)8-9-23-21(22-2)25-14-17-6-4-5-7-18(17)16-26-10-12-27-13-11-26/h4-7,15H,3,8-14,16H2,1-2H3,(H2,22,23,25). The molecule has 0 radical (unpaired) electrons. The molecule has 0 aliphatic carbocycles. The summed E-state index contributed by atoms with van der Waals surface area (Å²) >= 11 is 1.80. The molecule has 2 N–H and O–H groups in total. The fourth-order valence-corrected chi connectivity index (χ4v) is 4.06. The number of benzene rings is 1. The van der Waals surface area contributed by atoms with E-state index in [9.17, 15) is 0 Å². The summed E-state index contributed by atoms with van der Waals surface area (Å²) in [7, 11) is 1.81. The van der Waals surface area contributed by atoms with Gasteiger partial charge in [-0.05, 0) is 17.5 Å². The van der Waals surface area contributed by atoms with Crippen LogP contribution in [0.2, 0.25) is 0 Å². The van der Waals surface area contributed by atoms with E-state index in [0.29, 0.717) is 0 Å². The minimum atomic E-state index is 0.761. The first-order valence-electron chi connectivity index (χ1n) is 10.0. The van der Waals surface area contributed by atoms with Gasteiger partial charge in [0, 0.05) is 57.3 Å². The molecule has 1 aliphatic heterocycles. The maximum atomic E-state index is 5.46. The smallest absolute Gasteiger partial charge is 0.191 e. The van der Waals surface area contributed by atoms with Crippen molar-refractivity contribution in [3.8, 4) is 0 Å². The molecule has 1 aliphatic rings. The van der Waals surface area contributed by atoms with E-state index in [1.165, 1.54) is 21.0 Å². The molecule has 0 unspecified atom stereocenters. The second-order valence-electron chi connectivity index (χ2n) is 6.83. The lowest BCUT2D eigenvalue weighted by atomic mass is 10.1. The van der Waals surface area contributed by atoms with Crippen LogP contribution in [-0.2, 0) is 30.7 Å². The molecule has 0 bridgehead atoms. The Morgan fingerprint density at radius 1 is 1.21 bits per heavy atom. The molecule has 2 heterocycles. The largest absolute Gasteiger partial charge is 0.379 e. The SMILES string of the molecule is CCc1cnc(CCNC(=NC)NCc2ccccc2CN2CCOCC2)s1. The monoisotopic (exact) mass is 401 g/mol. The third kappa shape index (κ3) is 6.29. The number of ether oxygens (including phenoxy) is 1. The lowest BCUT2D eigenvalue weighted by Crippen LogP contribution is -2.38. The first-order chi connectivity index (χ1) is 13.8. The van der Waals surface area contributed by atoms with E-state index in [2.05, 4.69) is 56.7 Å². The number of guanidine groups is 1. The number of thiazole rings is 1. The summed E-state index contributed by atoms with van der Waals surface area (Å²) < 4.78 is 5.46. The Morgan fingerprint density at radius 2 is 2.00 bits per heavy atom. The Balaban J connectivity index is 1.47. The number of rotatable bonds is 8. The normalized spacial score (nSPS) is 15.6.